The van der Waals surface area contributed by atoms with Gasteiger partial charge in [-0.05, 0) is 6.42 Å². The van der Waals surface area contributed by atoms with Crippen molar-refractivity contribution >= 4 is 7.85 Å². The average molecular weight is 397 g/mol. The Kier molecular flexibility index (Phi) is 7.34. The van der Waals surface area contributed by atoms with E-state index in [1.54, 1.807) is 0 Å². The van der Waals surface area contributed by atoms with Gasteiger partial charge in [-0.25, -0.2) is 27.4 Å². The predicted molar refractivity (Wildman–Crippen MR) is 116 cm³/mol. The van der Waals surface area contributed by atoms with Crippen molar-refractivity contribution in [3.8, 4) is 0 Å². The van der Waals surface area contributed by atoms with E-state index in [1.165, 1.54) is 30.2 Å². The SMILES string of the molecule is BCCC[n+]1ccn(CCC[n+]2ccn(CCC[n+]3ccn(C)c3C)c2C)c1C. The number of rotatable bonds is 11. The van der Waals surface area contributed by atoms with Crippen LogP contribution in [0.5, 0.6) is 0 Å². The summed E-state index contributed by atoms with van der Waals surface area (Å²) in [6.07, 6.45) is 18.0. The Morgan fingerprint density at radius 3 is 1.59 bits per heavy atom. The normalized spacial score (nSPS) is 11.4. The van der Waals surface area contributed by atoms with E-state index in [0.717, 1.165) is 45.6 Å². The van der Waals surface area contributed by atoms with E-state index in [4.69, 9.17) is 0 Å². The van der Waals surface area contributed by atoms with Gasteiger partial charge in [0.05, 0.1) is 39.8 Å². The van der Waals surface area contributed by atoms with E-state index in [1.807, 2.05) is 0 Å². The molecule has 0 aliphatic heterocycles. The first-order valence-electron chi connectivity index (χ1n) is 11.1. The maximum absolute atomic E-state index is 2.39. The monoisotopic (exact) mass is 397 g/mol. The van der Waals surface area contributed by atoms with Crippen molar-refractivity contribution in [3.63, 3.8) is 0 Å². The fourth-order valence-electron chi connectivity index (χ4n) is 4.02. The lowest BCUT2D eigenvalue weighted by molar-refractivity contribution is -0.705. The number of hydrogen-bond acceptors (Lipinski definition) is 0. The zero-order chi connectivity index (χ0) is 20.8. The highest BCUT2D eigenvalue weighted by molar-refractivity contribution is 6.08. The van der Waals surface area contributed by atoms with Crippen molar-refractivity contribution in [2.75, 3.05) is 0 Å². The van der Waals surface area contributed by atoms with Crippen LogP contribution in [0.1, 0.15) is 36.7 Å². The van der Waals surface area contributed by atoms with E-state index in [9.17, 15) is 0 Å². The first-order chi connectivity index (χ1) is 14.0. The highest BCUT2D eigenvalue weighted by Gasteiger charge is 2.15. The van der Waals surface area contributed by atoms with Crippen LogP contribution in [0.3, 0.4) is 0 Å². The van der Waals surface area contributed by atoms with E-state index in [2.05, 4.69) is 100 Å². The topological polar surface area (TPSA) is 26.4 Å². The quantitative estimate of drug-likeness (QED) is 0.342. The highest BCUT2D eigenvalue weighted by Crippen LogP contribution is 2.01. The number of aromatic nitrogens is 6. The van der Waals surface area contributed by atoms with Crippen LogP contribution in [-0.2, 0) is 39.8 Å². The Hall–Kier alpha value is -2.31. The minimum Gasteiger partial charge on any atom is -0.237 e. The Morgan fingerprint density at radius 1 is 0.690 bits per heavy atom. The summed E-state index contributed by atoms with van der Waals surface area (Å²) in [5.41, 5.74) is 0. The first kappa shape index (κ1) is 21.4. The second-order valence-corrected chi connectivity index (χ2v) is 8.17. The van der Waals surface area contributed by atoms with Crippen molar-refractivity contribution in [3.05, 3.63) is 54.7 Å². The summed E-state index contributed by atoms with van der Waals surface area (Å²) in [7, 11) is 4.35. The molecule has 156 valence electrons. The van der Waals surface area contributed by atoms with E-state index in [0.29, 0.717) is 0 Å². The van der Waals surface area contributed by atoms with E-state index >= 15 is 0 Å². The van der Waals surface area contributed by atoms with Crippen molar-refractivity contribution in [1.29, 1.82) is 0 Å². The molecule has 6 nitrogen and oxygen atoms in total. The summed E-state index contributed by atoms with van der Waals surface area (Å²) in [6, 6.07) is 0. The molecule has 0 spiro atoms. The van der Waals surface area contributed by atoms with Gasteiger partial charge in [0.2, 0.25) is 0 Å². The molecule has 3 rings (SSSR count). The molecular formula is C22H38BN6+3. The molecule has 3 aromatic rings. The van der Waals surface area contributed by atoms with Gasteiger partial charge < -0.3 is 0 Å². The molecule has 0 aliphatic rings. The van der Waals surface area contributed by atoms with Gasteiger partial charge in [0, 0.05) is 33.6 Å². The number of hydrogen-bond donors (Lipinski definition) is 0. The lowest BCUT2D eigenvalue weighted by atomic mass is 10.0. The molecular weight excluding hydrogens is 359 g/mol. The van der Waals surface area contributed by atoms with E-state index < -0.39 is 0 Å². The molecule has 0 fully saturated rings. The van der Waals surface area contributed by atoms with Crippen LogP contribution in [0.25, 0.3) is 0 Å². The smallest absolute Gasteiger partial charge is 0.237 e. The Balaban J connectivity index is 1.47. The van der Waals surface area contributed by atoms with Crippen LogP contribution < -0.4 is 13.7 Å². The standard InChI is InChI=1S/C22H38BN6/c1-20-24(4)14-15-25(20)10-6-11-28-18-19-29(22(28)3)13-7-12-27-17-16-26(21(27)2)9-5-8-23/h14-19H,5-13,23H2,1-4H3/q+3. The number of nitrogens with zero attached hydrogens (tertiary/aromatic N) is 6. The predicted octanol–water partition coefficient (Wildman–Crippen LogP) is 1.04. The average Bonchev–Trinajstić information content (AvgIpc) is 3.35. The van der Waals surface area contributed by atoms with Crippen molar-refractivity contribution in [2.45, 2.75) is 79.1 Å². The highest BCUT2D eigenvalue weighted by atomic mass is 15.2. The van der Waals surface area contributed by atoms with Gasteiger partial charge >= 0.3 is 0 Å². The van der Waals surface area contributed by atoms with Crippen molar-refractivity contribution in [1.82, 2.24) is 13.7 Å². The van der Waals surface area contributed by atoms with Crippen LogP contribution >= 0.6 is 0 Å². The van der Waals surface area contributed by atoms with Gasteiger partial charge in [0.15, 0.2) is 0 Å². The molecule has 3 heterocycles. The molecule has 0 saturated carbocycles. The van der Waals surface area contributed by atoms with Gasteiger partial charge in [-0.1, -0.05) is 6.32 Å². The maximum Gasteiger partial charge on any atom is 0.253 e. The Morgan fingerprint density at radius 2 is 1.14 bits per heavy atom. The molecule has 0 saturated heterocycles. The summed E-state index contributed by atoms with van der Waals surface area (Å²) in [5.74, 6) is 4.02. The van der Waals surface area contributed by atoms with Gasteiger partial charge in [0.25, 0.3) is 17.5 Å². The summed E-state index contributed by atoms with van der Waals surface area (Å²) >= 11 is 0. The molecule has 3 aromatic heterocycles. The van der Waals surface area contributed by atoms with Crippen LogP contribution in [0, 0.1) is 20.8 Å². The van der Waals surface area contributed by atoms with Crippen LogP contribution in [-0.4, -0.2) is 21.5 Å². The van der Waals surface area contributed by atoms with Crippen LogP contribution in [0.4, 0.5) is 0 Å². The fraction of sp³-hybridized carbons (Fsp3) is 0.591. The molecule has 0 N–H and O–H groups in total. The molecule has 0 unspecified atom stereocenters. The molecule has 0 amide bonds. The molecule has 0 aromatic carbocycles. The Labute approximate surface area is 176 Å². The largest absolute Gasteiger partial charge is 0.253 e. The maximum atomic E-state index is 2.39. The summed E-state index contributed by atoms with van der Waals surface area (Å²) in [5, 5.41) is 0. The molecule has 0 bridgehead atoms. The third kappa shape index (κ3) is 5.20. The summed E-state index contributed by atoms with van der Waals surface area (Å²) in [4.78, 5) is 0. The second-order valence-electron chi connectivity index (χ2n) is 8.17. The first-order valence-corrected chi connectivity index (χ1v) is 11.1. The van der Waals surface area contributed by atoms with Gasteiger partial charge in [-0.2, -0.15) is 0 Å². The third-order valence-corrected chi connectivity index (χ3v) is 6.26. The second kappa shape index (κ2) is 9.94. The number of aryl methyl sites for hydroxylation is 6. The Bertz CT molecular complexity index is 920. The molecule has 29 heavy (non-hydrogen) atoms. The number of imidazole rings is 3. The van der Waals surface area contributed by atoms with E-state index in [-0.39, 0.29) is 0 Å². The fourth-order valence-corrected chi connectivity index (χ4v) is 4.02. The third-order valence-electron chi connectivity index (χ3n) is 6.26. The summed E-state index contributed by atoms with van der Waals surface area (Å²) in [6.45, 7) is 12.0. The molecule has 7 heteroatoms. The lowest BCUT2D eigenvalue weighted by Crippen LogP contribution is -2.37. The van der Waals surface area contributed by atoms with Crippen LogP contribution in [0.15, 0.2) is 37.2 Å². The molecule has 0 atom stereocenters. The van der Waals surface area contributed by atoms with Gasteiger partial charge in [-0.3, -0.25) is 0 Å². The zero-order valence-electron chi connectivity index (χ0n) is 19.0. The minimum absolute atomic E-state index is 1.06. The molecule has 0 radical (unpaired) electrons. The van der Waals surface area contributed by atoms with Crippen molar-refractivity contribution < 1.29 is 13.7 Å². The zero-order valence-corrected chi connectivity index (χ0v) is 19.0. The van der Waals surface area contributed by atoms with Crippen molar-refractivity contribution in [2.24, 2.45) is 7.05 Å². The van der Waals surface area contributed by atoms with Gasteiger partial charge in [0.1, 0.15) is 45.0 Å². The van der Waals surface area contributed by atoms with Gasteiger partial charge in [-0.15, -0.1) is 0 Å². The molecule has 0 aliphatic carbocycles. The summed E-state index contributed by atoms with van der Waals surface area (Å²) < 4.78 is 14.1. The lowest BCUT2D eigenvalue weighted by Gasteiger charge is -2.03. The van der Waals surface area contributed by atoms with Crippen LogP contribution in [0.2, 0.25) is 6.32 Å². The minimum atomic E-state index is 1.06.